The number of aryl methyl sites for hydroxylation is 3. The van der Waals surface area contributed by atoms with Crippen LogP contribution in [0.2, 0.25) is 0 Å². The molecule has 0 saturated carbocycles. The van der Waals surface area contributed by atoms with E-state index in [0.29, 0.717) is 49.9 Å². The summed E-state index contributed by atoms with van der Waals surface area (Å²) < 4.78 is 29.1. The van der Waals surface area contributed by atoms with Crippen LogP contribution in [0.25, 0.3) is 22.3 Å². The Bertz CT molecular complexity index is 2230. The predicted molar refractivity (Wildman–Crippen MR) is 198 cm³/mol. The van der Waals surface area contributed by atoms with Gasteiger partial charge in [0.05, 0.1) is 16.1 Å². The molecule has 2 aliphatic heterocycles. The van der Waals surface area contributed by atoms with Crippen molar-refractivity contribution in [1.82, 2.24) is 18.8 Å². The van der Waals surface area contributed by atoms with E-state index in [1.807, 2.05) is 39.0 Å². The lowest BCUT2D eigenvalue weighted by molar-refractivity contribution is 0.136. The second-order valence-corrected chi connectivity index (χ2v) is 15.9. The molecule has 1 N–H and O–H groups in total. The van der Waals surface area contributed by atoms with E-state index in [1.165, 1.54) is 25.7 Å². The Labute approximate surface area is 294 Å². The average Bonchev–Trinajstić information content (AvgIpc) is 3.45. The summed E-state index contributed by atoms with van der Waals surface area (Å²) in [7, 11) is -3.85. The van der Waals surface area contributed by atoms with Gasteiger partial charge >= 0.3 is 6.09 Å². The quantitative estimate of drug-likeness (QED) is 0.200. The fourth-order valence-electron chi connectivity index (χ4n) is 7.39. The summed E-state index contributed by atoms with van der Waals surface area (Å²) in [5.74, 6) is 1.76. The Morgan fingerprint density at radius 1 is 0.940 bits per heavy atom. The molecule has 1 unspecified atom stereocenters. The Kier molecular flexibility index (Phi) is 8.58. The zero-order chi connectivity index (χ0) is 35.5. The third-order valence-electron chi connectivity index (χ3n) is 10.3. The molecule has 1 atom stereocenters. The number of aromatic nitrogens is 3. The normalized spacial score (nSPS) is 16.7. The number of anilines is 2. The zero-order valence-corrected chi connectivity index (χ0v) is 30.3. The predicted octanol–water partition coefficient (Wildman–Crippen LogP) is 7.14. The van der Waals surface area contributed by atoms with Crippen molar-refractivity contribution in [2.45, 2.75) is 71.4 Å². The van der Waals surface area contributed by atoms with Crippen LogP contribution in [0.15, 0.2) is 71.8 Å². The van der Waals surface area contributed by atoms with Gasteiger partial charge in [-0.1, -0.05) is 55.8 Å². The highest BCUT2D eigenvalue weighted by molar-refractivity contribution is 7.90. The van der Waals surface area contributed by atoms with Crippen LogP contribution in [-0.4, -0.2) is 70.7 Å². The second-order valence-electron chi connectivity index (χ2n) is 14.1. The Morgan fingerprint density at radius 3 is 2.40 bits per heavy atom. The number of carbonyl (C=O) groups is 1. The van der Waals surface area contributed by atoms with Crippen LogP contribution in [0.5, 0.6) is 0 Å². The number of benzene rings is 3. The van der Waals surface area contributed by atoms with Gasteiger partial charge in [0.2, 0.25) is 0 Å². The van der Waals surface area contributed by atoms with Gasteiger partial charge in [0.25, 0.3) is 10.0 Å². The van der Waals surface area contributed by atoms with Crippen molar-refractivity contribution in [2.24, 2.45) is 0 Å². The van der Waals surface area contributed by atoms with Crippen molar-refractivity contribution >= 4 is 38.5 Å². The minimum Gasteiger partial charge on any atom is -0.465 e. The van der Waals surface area contributed by atoms with Crippen molar-refractivity contribution in [3.8, 4) is 11.4 Å². The lowest BCUT2D eigenvalue weighted by Gasteiger charge is -2.42. The first-order valence-electron chi connectivity index (χ1n) is 17.3. The van der Waals surface area contributed by atoms with E-state index < -0.39 is 16.1 Å². The van der Waals surface area contributed by atoms with E-state index >= 15 is 0 Å². The molecule has 0 radical (unpaired) electrons. The minimum absolute atomic E-state index is 0.105. The summed E-state index contributed by atoms with van der Waals surface area (Å²) in [6.45, 7) is 15.1. The fourth-order valence-corrected chi connectivity index (χ4v) is 8.80. The molecule has 11 heteroatoms. The molecular formula is C39H44N6O4S. The van der Waals surface area contributed by atoms with Gasteiger partial charge in [0, 0.05) is 73.6 Å². The number of rotatable bonds is 6. The number of carboxylic acid groups (broad SMARTS) is 1. The zero-order valence-electron chi connectivity index (χ0n) is 29.5. The van der Waals surface area contributed by atoms with Gasteiger partial charge in [0.15, 0.2) is 5.82 Å². The fraction of sp³-hybridized carbons (Fsp3) is 0.359. The van der Waals surface area contributed by atoms with Crippen molar-refractivity contribution in [1.29, 1.82) is 0 Å². The van der Waals surface area contributed by atoms with Crippen molar-refractivity contribution in [2.75, 3.05) is 36.0 Å². The number of fused-ring (bicyclic) bond motifs is 2. The molecule has 1 fully saturated rings. The summed E-state index contributed by atoms with van der Waals surface area (Å²) in [6.07, 6.45) is 1.48. The summed E-state index contributed by atoms with van der Waals surface area (Å²) in [5, 5.41) is 10.5. The maximum atomic E-state index is 13.9. The highest BCUT2D eigenvalue weighted by atomic mass is 32.2. The van der Waals surface area contributed by atoms with Gasteiger partial charge in [-0.15, -0.1) is 0 Å². The van der Waals surface area contributed by atoms with Crippen molar-refractivity contribution in [3.05, 3.63) is 100 Å². The van der Waals surface area contributed by atoms with Gasteiger partial charge in [-0.2, -0.15) is 0 Å². The first-order valence-corrected chi connectivity index (χ1v) is 18.7. The molecule has 7 rings (SSSR count). The number of piperazine rings is 1. The van der Waals surface area contributed by atoms with Crippen LogP contribution < -0.4 is 9.80 Å². The van der Waals surface area contributed by atoms with Crippen LogP contribution in [0, 0.1) is 20.8 Å². The SMILES string of the molecule is Cc1ccc(S(=O)(=O)n2cc(C)c3c(-c4nc5c(c(N6CCN(C(=O)O)CC6C)n4)CN(c4cc(C(C)C)ccc4C)CC5)cccc32)cc1. The van der Waals surface area contributed by atoms with Crippen LogP contribution in [-0.2, 0) is 23.0 Å². The molecule has 5 aromatic rings. The summed E-state index contributed by atoms with van der Waals surface area (Å²) in [4.78, 5) is 28.7. The summed E-state index contributed by atoms with van der Waals surface area (Å²) >= 11 is 0. The van der Waals surface area contributed by atoms with Gasteiger partial charge in [0.1, 0.15) is 5.82 Å². The van der Waals surface area contributed by atoms with Crippen molar-refractivity contribution < 1.29 is 18.3 Å². The van der Waals surface area contributed by atoms with Gasteiger partial charge in [-0.05, 0) is 74.6 Å². The van der Waals surface area contributed by atoms with Gasteiger partial charge < -0.3 is 19.8 Å². The smallest absolute Gasteiger partial charge is 0.407 e. The van der Waals surface area contributed by atoms with Crippen molar-refractivity contribution in [3.63, 3.8) is 0 Å². The molecular weight excluding hydrogens is 649 g/mol. The van der Waals surface area contributed by atoms with Crippen LogP contribution in [0.3, 0.4) is 0 Å². The lowest BCUT2D eigenvalue weighted by Crippen LogP contribution is -2.54. The average molecular weight is 693 g/mol. The number of amides is 1. The molecule has 2 aliphatic rings. The largest absolute Gasteiger partial charge is 0.465 e. The summed E-state index contributed by atoms with van der Waals surface area (Å²) in [6, 6.07) is 19.1. The third kappa shape index (κ3) is 5.87. The Hall–Kier alpha value is -4.90. The Morgan fingerprint density at radius 2 is 1.70 bits per heavy atom. The van der Waals surface area contributed by atoms with E-state index in [-0.39, 0.29) is 10.9 Å². The molecule has 2 aromatic heterocycles. The maximum absolute atomic E-state index is 13.9. The van der Waals surface area contributed by atoms with E-state index in [9.17, 15) is 18.3 Å². The van der Waals surface area contributed by atoms with Gasteiger partial charge in [-0.3, -0.25) is 0 Å². The van der Waals surface area contributed by atoms with Crippen LogP contribution in [0.4, 0.5) is 16.3 Å². The van der Waals surface area contributed by atoms with E-state index in [2.05, 4.69) is 48.8 Å². The lowest BCUT2D eigenvalue weighted by atomic mass is 9.97. The monoisotopic (exact) mass is 692 g/mol. The summed E-state index contributed by atoms with van der Waals surface area (Å²) in [5.41, 5.74) is 8.86. The molecule has 0 spiro atoms. The standard InChI is InChI=1S/C39H44N6O4S/c1-24(2)29-13-12-26(4)35(20-29)42-17-16-33-32(23-42)38(44-19-18-43(39(46)47)22-28(44)6)41-37(40-33)31-8-7-9-34-36(31)27(5)21-45(34)50(48,49)30-14-10-25(3)11-15-30/h7-15,20-21,24,28H,16-19,22-23H2,1-6H3,(H,46,47). The number of hydrogen-bond acceptors (Lipinski definition) is 7. The Balaban J connectivity index is 1.36. The molecule has 3 aromatic carbocycles. The molecule has 1 saturated heterocycles. The van der Waals surface area contributed by atoms with E-state index in [4.69, 9.17) is 9.97 Å². The van der Waals surface area contributed by atoms with E-state index in [0.717, 1.165) is 45.7 Å². The van der Waals surface area contributed by atoms with Crippen LogP contribution in [0.1, 0.15) is 60.2 Å². The molecule has 4 heterocycles. The molecule has 0 bridgehead atoms. The second kappa shape index (κ2) is 12.8. The molecule has 50 heavy (non-hydrogen) atoms. The number of nitrogens with zero attached hydrogens (tertiary/aromatic N) is 6. The molecule has 0 aliphatic carbocycles. The first kappa shape index (κ1) is 33.6. The van der Waals surface area contributed by atoms with Crippen LogP contribution >= 0.6 is 0 Å². The minimum atomic E-state index is -3.85. The molecule has 10 nitrogen and oxygen atoms in total. The van der Waals surface area contributed by atoms with Gasteiger partial charge in [-0.25, -0.2) is 27.2 Å². The highest BCUT2D eigenvalue weighted by Gasteiger charge is 2.33. The first-order chi connectivity index (χ1) is 23.8. The highest BCUT2D eigenvalue weighted by Crippen LogP contribution is 2.38. The maximum Gasteiger partial charge on any atom is 0.407 e. The molecule has 260 valence electrons. The van der Waals surface area contributed by atoms with E-state index in [1.54, 1.807) is 30.5 Å². The third-order valence-corrected chi connectivity index (χ3v) is 11.9. The topological polar surface area (TPSA) is 112 Å². The number of hydrogen-bond donors (Lipinski definition) is 1. The molecule has 1 amide bonds.